The van der Waals surface area contributed by atoms with Gasteiger partial charge < -0.3 is 14.2 Å². The van der Waals surface area contributed by atoms with E-state index in [1.165, 1.54) is 7.11 Å². The topological polar surface area (TPSA) is 88.1 Å². The fraction of sp³-hybridized carbons (Fsp3) is 0.429. The summed E-state index contributed by atoms with van der Waals surface area (Å²) in [6, 6.07) is 16.8. The van der Waals surface area contributed by atoms with Crippen molar-refractivity contribution in [2.45, 2.75) is 42.2 Å². The average Bonchev–Trinajstić information content (AvgIpc) is 3.04. The van der Waals surface area contributed by atoms with Crippen molar-refractivity contribution in [2.24, 2.45) is 0 Å². The second-order valence-electron chi connectivity index (χ2n) is 7.12. The fourth-order valence-electron chi connectivity index (χ4n) is 3.28. The van der Waals surface area contributed by atoms with Gasteiger partial charge in [0.05, 0.1) is 30.3 Å². The molecule has 0 N–H and O–H groups in total. The quantitative estimate of drug-likeness (QED) is 0.538. The van der Waals surface area contributed by atoms with Crippen LogP contribution in [-0.4, -0.2) is 56.3 Å². The van der Waals surface area contributed by atoms with Crippen molar-refractivity contribution in [3.8, 4) is 0 Å². The van der Waals surface area contributed by atoms with Crippen molar-refractivity contribution < 1.29 is 31.0 Å². The summed E-state index contributed by atoms with van der Waals surface area (Å²) < 4.78 is 59.3. The van der Waals surface area contributed by atoms with Crippen LogP contribution in [0.15, 0.2) is 59.5 Å². The van der Waals surface area contributed by atoms with Gasteiger partial charge in [0.25, 0.3) is 10.1 Å². The van der Waals surface area contributed by atoms with Gasteiger partial charge >= 0.3 is 0 Å². The summed E-state index contributed by atoms with van der Waals surface area (Å²) in [4.78, 5) is 0.557. The molecule has 1 aliphatic heterocycles. The Hall–Kier alpha value is -1.62. The van der Waals surface area contributed by atoms with Crippen LogP contribution in [0, 0.1) is 6.92 Å². The zero-order chi connectivity index (χ0) is 21.7. The number of hydrogen-bond acceptors (Lipinski definition) is 7. The van der Waals surface area contributed by atoms with E-state index in [1.807, 2.05) is 49.4 Å². The van der Waals surface area contributed by atoms with Crippen molar-refractivity contribution in [1.29, 1.82) is 0 Å². The summed E-state index contributed by atoms with van der Waals surface area (Å²) in [7, 11) is -4.04. The lowest BCUT2D eigenvalue weighted by Gasteiger charge is -2.22. The average molecular weight is 455 g/mol. The molecule has 1 saturated heterocycles. The van der Waals surface area contributed by atoms with Crippen molar-refractivity contribution >= 4 is 20.9 Å². The number of hydrogen-bond donors (Lipinski definition) is 0. The summed E-state index contributed by atoms with van der Waals surface area (Å²) in [6.45, 7) is 2.39. The third-order valence-electron chi connectivity index (χ3n) is 4.68. The van der Waals surface area contributed by atoms with E-state index in [1.54, 1.807) is 12.1 Å². The van der Waals surface area contributed by atoms with Gasteiger partial charge in [0, 0.05) is 12.0 Å². The highest BCUT2D eigenvalue weighted by Gasteiger charge is 2.51. The molecule has 1 heterocycles. The van der Waals surface area contributed by atoms with Crippen LogP contribution in [0.3, 0.4) is 0 Å². The Kier molecular flexibility index (Phi) is 7.78. The summed E-state index contributed by atoms with van der Waals surface area (Å²) in [6.07, 6.45) is -1.76. The standard InChI is InChI=1S/C21H26O7S2/c1-15-9-11-17(12-10-15)29(22)20-18(14-26-13-16-7-5-4-6-8-16)27-21(25-2)19(20)28-30(3,23)24/h4-12,18-21H,13-14H2,1-3H3/t18-,19-,20+,21-,29+/m1/s1. The minimum absolute atomic E-state index is 0.112. The van der Waals surface area contributed by atoms with Crippen LogP contribution in [0.5, 0.6) is 0 Å². The number of aryl methyl sites for hydroxylation is 1. The molecule has 2 aromatic carbocycles. The maximum absolute atomic E-state index is 13.4. The first-order valence-electron chi connectivity index (χ1n) is 9.44. The van der Waals surface area contributed by atoms with E-state index in [-0.39, 0.29) is 6.61 Å². The van der Waals surface area contributed by atoms with Gasteiger partial charge in [-0.25, -0.2) is 0 Å². The van der Waals surface area contributed by atoms with E-state index >= 15 is 0 Å². The fourth-order valence-corrected chi connectivity index (χ4v) is 5.52. The maximum Gasteiger partial charge on any atom is 0.264 e. The van der Waals surface area contributed by atoms with Crippen molar-refractivity contribution in [1.82, 2.24) is 0 Å². The number of ether oxygens (including phenoxy) is 3. The number of methoxy groups -OCH3 is 1. The lowest BCUT2D eigenvalue weighted by atomic mass is 10.2. The SMILES string of the molecule is CO[C@@H]1O[C@H](COCc2ccccc2)[C@H]([S@@](=O)c2ccc(C)cc2)[C@H]1OS(C)(=O)=O. The highest BCUT2D eigenvalue weighted by molar-refractivity contribution is 7.86. The Morgan fingerprint density at radius 1 is 1.07 bits per heavy atom. The van der Waals surface area contributed by atoms with Crippen LogP contribution in [-0.2, 0) is 45.9 Å². The molecule has 1 aliphatic rings. The van der Waals surface area contributed by atoms with E-state index in [9.17, 15) is 12.6 Å². The smallest absolute Gasteiger partial charge is 0.264 e. The molecule has 7 nitrogen and oxygen atoms in total. The molecule has 0 radical (unpaired) electrons. The molecular formula is C21H26O7S2. The van der Waals surface area contributed by atoms with Crippen LogP contribution >= 0.6 is 0 Å². The van der Waals surface area contributed by atoms with E-state index < -0.39 is 44.7 Å². The van der Waals surface area contributed by atoms with E-state index in [0.29, 0.717) is 11.5 Å². The normalized spacial score (nSPS) is 25.3. The van der Waals surface area contributed by atoms with Crippen LogP contribution in [0.1, 0.15) is 11.1 Å². The monoisotopic (exact) mass is 454 g/mol. The van der Waals surface area contributed by atoms with Crippen molar-refractivity contribution in [3.05, 3.63) is 65.7 Å². The minimum atomic E-state index is -3.83. The van der Waals surface area contributed by atoms with Crippen molar-refractivity contribution in [2.75, 3.05) is 20.0 Å². The van der Waals surface area contributed by atoms with Crippen molar-refractivity contribution in [3.63, 3.8) is 0 Å². The Bertz CT molecular complexity index is 945. The van der Waals surface area contributed by atoms with Gasteiger partial charge in [-0.05, 0) is 24.6 Å². The molecule has 3 rings (SSSR count). The van der Waals surface area contributed by atoms with Gasteiger partial charge in [-0.3, -0.25) is 8.39 Å². The molecular weight excluding hydrogens is 428 g/mol. The second kappa shape index (κ2) is 10.1. The van der Waals surface area contributed by atoms with Gasteiger partial charge in [0.15, 0.2) is 6.29 Å². The second-order valence-corrected chi connectivity index (χ2v) is 10.3. The van der Waals surface area contributed by atoms with E-state index in [2.05, 4.69) is 0 Å². The molecule has 30 heavy (non-hydrogen) atoms. The maximum atomic E-state index is 13.4. The summed E-state index contributed by atoms with van der Waals surface area (Å²) in [5.41, 5.74) is 2.01. The first-order valence-corrected chi connectivity index (χ1v) is 12.5. The Labute approximate surface area is 179 Å². The summed E-state index contributed by atoms with van der Waals surface area (Å²) in [5, 5.41) is -0.789. The molecule has 0 spiro atoms. The Balaban J connectivity index is 1.82. The Morgan fingerprint density at radius 2 is 1.73 bits per heavy atom. The number of benzene rings is 2. The molecule has 0 aliphatic carbocycles. The largest absolute Gasteiger partial charge is 0.374 e. The van der Waals surface area contributed by atoms with Gasteiger partial charge in [0.2, 0.25) is 0 Å². The first-order chi connectivity index (χ1) is 14.3. The lowest BCUT2D eigenvalue weighted by molar-refractivity contribution is -0.151. The van der Waals surface area contributed by atoms with E-state index in [0.717, 1.165) is 17.4 Å². The molecule has 0 aromatic heterocycles. The third-order valence-corrected chi connectivity index (χ3v) is 7.05. The molecule has 9 heteroatoms. The summed E-state index contributed by atoms with van der Waals surface area (Å²) >= 11 is 0. The van der Waals surface area contributed by atoms with Crippen LogP contribution in [0.2, 0.25) is 0 Å². The van der Waals surface area contributed by atoms with Crippen LogP contribution in [0.25, 0.3) is 0 Å². The zero-order valence-electron chi connectivity index (χ0n) is 17.1. The zero-order valence-corrected chi connectivity index (χ0v) is 18.7. The predicted octanol–water partition coefficient (Wildman–Crippen LogP) is 2.40. The highest BCUT2D eigenvalue weighted by Crippen LogP contribution is 2.32. The lowest BCUT2D eigenvalue weighted by Crippen LogP contribution is -2.41. The minimum Gasteiger partial charge on any atom is -0.374 e. The van der Waals surface area contributed by atoms with Gasteiger partial charge in [0.1, 0.15) is 17.5 Å². The third kappa shape index (κ3) is 5.96. The molecule has 0 saturated carbocycles. The molecule has 0 unspecified atom stereocenters. The van der Waals surface area contributed by atoms with Crippen LogP contribution < -0.4 is 0 Å². The molecule has 164 valence electrons. The highest BCUT2D eigenvalue weighted by atomic mass is 32.2. The molecule has 2 aromatic rings. The molecule has 1 fully saturated rings. The molecule has 0 amide bonds. The van der Waals surface area contributed by atoms with Gasteiger partial charge in [-0.15, -0.1) is 0 Å². The molecule has 0 bridgehead atoms. The first kappa shape index (κ1) is 23.1. The van der Waals surface area contributed by atoms with E-state index in [4.69, 9.17) is 18.4 Å². The number of rotatable bonds is 9. The predicted molar refractivity (Wildman–Crippen MR) is 113 cm³/mol. The van der Waals surface area contributed by atoms with Gasteiger partial charge in [-0.2, -0.15) is 8.42 Å². The summed E-state index contributed by atoms with van der Waals surface area (Å²) in [5.74, 6) is 0. The van der Waals surface area contributed by atoms with Crippen LogP contribution in [0.4, 0.5) is 0 Å². The van der Waals surface area contributed by atoms with Gasteiger partial charge in [-0.1, -0.05) is 48.0 Å². The molecule has 5 atom stereocenters. The Morgan fingerprint density at radius 3 is 2.33 bits per heavy atom.